The fourth-order valence-electron chi connectivity index (χ4n) is 1.50. The van der Waals surface area contributed by atoms with Gasteiger partial charge in [-0.2, -0.15) is 5.26 Å². The number of ether oxygens (including phenoxy) is 1. The summed E-state index contributed by atoms with van der Waals surface area (Å²) in [5, 5.41) is 8.81. The van der Waals surface area contributed by atoms with E-state index in [1.54, 1.807) is 6.07 Å². The fourth-order valence-corrected chi connectivity index (χ4v) is 1.50. The van der Waals surface area contributed by atoms with Crippen LogP contribution >= 0.6 is 0 Å². The Morgan fingerprint density at radius 1 is 1.54 bits per heavy atom. The summed E-state index contributed by atoms with van der Waals surface area (Å²) in [6, 6.07) is 6.49. The van der Waals surface area contributed by atoms with Crippen LogP contribution in [-0.2, 0) is 0 Å². The Morgan fingerprint density at radius 3 is 3.15 bits per heavy atom. The molecular weight excluding hydrogens is 169 g/mol. The highest BCUT2D eigenvalue weighted by atomic mass is 19.1. The second-order valence-electron chi connectivity index (χ2n) is 3.00. The molecule has 3 heteroatoms. The minimum Gasteiger partial charge on any atom is -0.493 e. The molecule has 0 spiro atoms. The minimum absolute atomic E-state index is 0.149. The monoisotopic (exact) mass is 177 g/mol. The lowest BCUT2D eigenvalue weighted by Gasteiger charge is -2.20. The summed E-state index contributed by atoms with van der Waals surface area (Å²) in [5.74, 6) is 0.0412. The SMILES string of the molecule is N#CC1CCOc2cc(F)ccc21. The van der Waals surface area contributed by atoms with E-state index in [1.165, 1.54) is 12.1 Å². The molecule has 13 heavy (non-hydrogen) atoms. The maximum atomic E-state index is 12.8. The van der Waals surface area contributed by atoms with Gasteiger partial charge in [0.15, 0.2) is 0 Å². The number of rotatable bonds is 0. The van der Waals surface area contributed by atoms with Crippen molar-refractivity contribution >= 4 is 0 Å². The fraction of sp³-hybridized carbons (Fsp3) is 0.300. The van der Waals surface area contributed by atoms with Crippen LogP contribution in [0, 0.1) is 17.1 Å². The van der Waals surface area contributed by atoms with Crippen LogP contribution in [0.1, 0.15) is 17.9 Å². The number of halogens is 1. The lowest BCUT2D eigenvalue weighted by atomic mass is 9.95. The Balaban J connectivity index is 2.47. The molecule has 2 nitrogen and oxygen atoms in total. The molecular formula is C10H8FNO. The molecule has 0 aromatic heterocycles. The van der Waals surface area contributed by atoms with E-state index in [1.807, 2.05) is 0 Å². The molecule has 1 aromatic rings. The number of hydrogen-bond acceptors (Lipinski definition) is 2. The van der Waals surface area contributed by atoms with Crippen molar-refractivity contribution in [2.45, 2.75) is 12.3 Å². The molecule has 1 aromatic carbocycles. The molecule has 0 bridgehead atoms. The molecule has 0 saturated carbocycles. The number of hydrogen-bond donors (Lipinski definition) is 0. The van der Waals surface area contributed by atoms with Crippen molar-refractivity contribution in [3.8, 4) is 11.8 Å². The normalized spacial score (nSPS) is 19.8. The van der Waals surface area contributed by atoms with E-state index in [9.17, 15) is 4.39 Å². The average molecular weight is 177 g/mol. The van der Waals surface area contributed by atoms with Gasteiger partial charge < -0.3 is 4.74 Å². The third-order valence-electron chi connectivity index (χ3n) is 2.17. The molecule has 0 aliphatic carbocycles. The van der Waals surface area contributed by atoms with Gasteiger partial charge in [0.05, 0.1) is 18.6 Å². The molecule has 0 saturated heterocycles. The van der Waals surface area contributed by atoms with E-state index in [-0.39, 0.29) is 11.7 Å². The van der Waals surface area contributed by atoms with Gasteiger partial charge in [0.25, 0.3) is 0 Å². The third-order valence-corrected chi connectivity index (χ3v) is 2.17. The minimum atomic E-state index is -0.322. The number of nitrogens with zero attached hydrogens (tertiary/aromatic N) is 1. The molecule has 1 unspecified atom stereocenters. The summed E-state index contributed by atoms with van der Waals surface area (Å²) in [7, 11) is 0. The van der Waals surface area contributed by atoms with Crippen molar-refractivity contribution in [2.24, 2.45) is 0 Å². The lowest BCUT2D eigenvalue weighted by Crippen LogP contribution is -2.12. The topological polar surface area (TPSA) is 33.0 Å². The molecule has 1 aliphatic heterocycles. The first-order valence-corrected chi connectivity index (χ1v) is 4.13. The van der Waals surface area contributed by atoms with Crippen molar-refractivity contribution in [2.75, 3.05) is 6.61 Å². The van der Waals surface area contributed by atoms with Crippen LogP contribution in [0.5, 0.6) is 5.75 Å². The summed E-state index contributed by atoms with van der Waals surface area (Å²) < 4.78 is 18.0. The molecule has 0 amide bonds. The van der Waals surface area contributed by atoms with Gasteiger partial charge in [-0.05, 0) is 6.07 Å². The van der Waals surface area contributed by atoms with Gasteiger partial charge in [-0.3, -0.25) is 0 Å². The highest BCUT2D eigenvalue weighted by molar-refractivity contribution is 5.40. The summed E-state index contributed by atoms with van der Waals surface area (Å²) in [4.78, 5) is 0. The van der Waals surface area contributed by atoms with Gasteiger partial charge in [-0.25, -0.2) is 4.39 Å². The first kappa shape index (κ1) is 8.06. The molecule has 0 radical (unpaired) electrons. The van der Waals surface area contributed by atoms with Crippen molar-refractivity contribution in [1.29, 1.82) is 5.26 Å². The van der Waals surface area contributed by atoms with E-state index in [2.05, 4.69) is 6.07 Å². The predicted octanol–water partition coefficient (Wildman–Crippen LogP) is 2.22. The smallest absolute Gasteiger partial charge is 0.126 e. The van der Waals surface area contributed by atoms with Crippen molar-refractivity contribution < 1.29 is 9.13 Å². The Labute approximate surface area is 75.6 Å². The van der Waals surface area contributed by atoms with E-state index in [0.29, 0.717) is 18.8 Å². The van der Waals surface area contributed by atoms with Crippen LogP contribution in [0.4, 0.5) is 4.39 Å². The second-order valence-corrected chi connectivity index (χ2v) is 3.00. The predicted molar refractivity (Wildman–Crippen MR) is 44.9 cm³/mol. The zero-order valence-corrected chi connectivity index (χ0v) is 6.96. The molecule has 1 atom stereocenters. The summed E-state index contributed by atoms with van der Waals surface area (Å²) in [6.07, 6.45) is 0.690. The summed E-state index contributed by atoms with van der Waals surface area (Å²) >= 11 is 0. The van der Waals surface area contributed by atoms with Crippen LogP contribution in [0.3, 0.4) is 0 Å². The average Bonchev–Trinajstić information content (AvgIpc) is 2.16. The molecule has 2 rings (SSSR count). The number of nitriles is 1. The van der Waals surface area contributed by atoms with Crippen LogP contribution in [0.2, 0.25) is 0 Å². The molecule has 0 N–H and O–H groups in total. The van der Waals surface area contributed by atoms with Crippen molar-refractivity contribution in [1.82, 2.24) is 0 Å². The van der Waals surface area contributed by atoms with E-state index < -0.39 is 0 Å². The summed E-state index contributed by atoms with van der Waals surface area (Å²) in [6.45, 7) is 0.495. The molecule has 1 aliphatic rings. The van der Waals surface area contributed by atoms with Gasteiger partial charge in [-0.15, -0.1) is 0 Å². The summed E-state index contributed by atoms with van der Waals surface area (Å²) in [5.41, 5.74) is 0.801. The molecule has 1 heterocycles. The second kappa shape index (κ2) is 3.06. The van der Waals surface area contributed by atoms with Gasteiger partial charge >= 0.3 is 0 Å². The van der Waals surface area contributed by atoms with Crippen LogP contribution in [0.25, 0.3) is 0 Å². The highest BCUT2D eigenvalue weighted by Crippen LogP contribution is 2.33. The number of fused-ring (bicyclic) bond motifs is 1. The van der Waals surface area contributed by atoms with Gasteiger partial charge in [0.2, 0.25) is 0 Å². The zero-order valence-electron chi connectivity index (χ0n) is 6.96. The van der Waals surface area contributed by atoms with Gasteiger partial charge in [-0.1, -0.05) is 6.07 Å². The Bertz CT molecular complexity index is 370. The third kappa shape index (κ3) is 1.35. The van der Waals surface area contributed by atoms with Gasteiger partial charge in [0, 0.05) is 18.1 Å². The van der Waals surface area contributed by atoms with Crippen molar-refractivity contribution in [3.63, 3.8) is 0 Å². The lowest BCUT2D eigenvalue weighted by molar-refractivity contribution is 0.278. The quantitative estimate of drug-likeness (QED) is 0.608. The largest absolute Gasteiger partial charge is 0.493 e. The van der Waals surface area contributed by atoms with Gasteiger partial charge in [0.1, 0.15) is 11.6 Å². The maximum Gasteiger partial charge on any atom is 0.126 e. The molecule has 0 fully saturated rings. The van der Waals surface area contributed by atoms with Crippen LogP contribution in [-0.4, -0.2) is 6.61 Å². The van der Waals surface area contributed by atoms with E-state index in [4.69, 9.17) is 10.00 Å². The first-order valence-electron chi connectivity index (χ1n) is 4.13. The highest BCUT2D eigenvalue weighted by Gasteiger charge is 2.20. The standard InChI is InChI=1S/C10H8FNO/c11-8-1-2-9-7(6-12)3-4-13-10(9)5-8/h1-2,5,7H,3-4H2. The maximum absolute atomic E-state index is 12.8. The Morgan fingerprint density at radius 2 is 2.38 bits per heavy atom. The van der Waals surface area contributed by atoms with Crippen LogP contribution < -0.4 is 4.74 Å². The first-order chi connectivity index (χ1) is 6.31. The Kier molecular flexibility index (Phi) is 1.90. The molecule has 66 valence electrons. The van der Waals surface area contributed by atoms with E-state index >= 15 is 0 Å². The van der Waals surface area contributed by atoms with E-state index in [0.717, 1.165) is 5.56 Å². The number of benzene rings is 1. The zero-order chi connectivity index (χ0) is 9.26. The van der Waals surface area contributed by atoms with Crippen molar-refractivity contribution in [3.05, 3.63) is 29.6 Å². The Hall–Kier alpha value is -1.56. The van der Waals surface area contributed by atoms with Crippen LogP contribution in [0.15, 0.2) is 18.2 Å².